The maximum absolute atomic E-state index is 13.0. The Kier molecular flexibility index (Phi) is 4.14. The molecule has 0 saturated carbocycles. The number of benzene rings is 1. The lowest BCUT2D eigenvalue weighted by Crippen LogP contribution is -2.37. The van der Waals surface area contributed by atoms with Gasteiger partial charge >= 0.3 is 0 Å². The highest BCUT2D eigenvalue weighted by atomic mass is 32.1. The summed E-state index contributed by atoms with van der Waals surface area (Å²) in [5.41, 5.74) is 1.97. The quantitative estimate of drug-likeness (QED) is 0.911. The minimum atomic E-state index is -0.187. The van der Waals surface area contributed by atoms with Crippen LogP contribution in [0.3, 0.4) is 0 Å². The number of phenols is 1. The lowest BCUT2D eigenvalue weighted by atomic mass is 9.98. The number of phenolic OH excluding ortho intramolecular Hbond substituents is 1. The molecular weight excluding hydrogens is 322 g/mol. The lowest BCUT2D eigenvalue weighted by Gasteiger charge is -2.25. The number of aromatic nitrogens is 1. The number of rotatable bonds is 2. The van der Waals surface area contributed by atoms with Crippen molar-refractivity contribution in [2.45, 2.75) is 25.2 Å². The molecule has 1 unspecified atom stereocenters. The summed E-state index contributed by atoms with van der Waals surface area (Å²) in [6.45, 7) is 3.25. The first-order valence-corrected chi connectivity index (χ1v) is 9.36. The van der Waals surface area contributed by atoms with Gasteiger partial charge in [0.15, 0.2) is 5.13 Å². The molecule has 1 aliphatic heterocycles. The molecule has 2 aromatic rings. The molecule has 0 radical (unpaired) electrons. The number of aryl methyl sites for hydroxylation is 1. The van der Waals surface area contributed by atoms with Crippen LogP contribution in [0, 0.1) is 0 Å². The van der Waals surface area contributed by atoms with Crippen molar-refractivity contribution in [1.29, 1.82) is 0 Å². The number of carbonyl (C=O) groups excluding carboxylic acids is 1. The normalized spacial score (nSPS) is 20.8. The maximum Gasteiger partial charge on any atom is 0.230 e. The van der Waals surface area contributed by atoms with Gasteiger partial charge in [-0.25, -0.2) is 4.98 Å². The van der Waals surface area contributed by atoms with E-state index in [1.807, 2.05) is 28.6 Å². The van der Waals surface area contributed by atoms with Crippen molar-refractivity contribution in [2.75, 3.05) is 31.1 Å². The van der Waals surface area contributed by atoms with Crippen molar-refractivity contribution in [3.05, 3.63) is 40.9 Å². The van der Waals surface area contributed by atoms with E-state index in [0.717, 1.165) is 61.7 Å². The molecule has 5 nitrogen and oxygen atoms in total. The number of thiazole rings is 1. The van der Waals surface area contributed by atoms with E-state index in [0.29, 0.717) is 0 Å². The molecule has 1 aromatic carbocycles. The van der Waals surface area contributed by atoms with Gasteiger partial charge in [0.1, 0.15) is 5.75 Å². The fourth-order valence-corrected chi connectivity index (χ4v) is 4.53. The van der Waals surface area contributed by atoms with Gasteiger partial charge in [0.05, 0.1) is 5.92 Å². The summed E-state index contributed by atoms with van der Waals surface area (Å²) < 4.78 is 0. The second-order valence-electron chi connectivity index (χ2n) is 6.42. The zero-order valence-corrected chi connectivity index (χ0v) is 14.3. The van der Waals surface area contributed by atoms with Crippen LogP contribution in [0.15, 0.2) is 29.8 Å². The van der Waals surface area contributed by atoms with Gasteiger partial charge in [0, 0.05) is 43.3 Å². The topological polar surface area (TPSA) is 56.7 Å². The number of amides is 1. The SMILES string of the molecule is O=C(C1CCc2cccc(O)c21)N1CCCN(c2nccs2)CC1. The zero-order chi connectivity index (χ0) is 16.5. The van der Waals surface area contributed by atoms with Crippen molar-refractivity contribution in [1.82, 2.24) is 9.88 Å². The van der Waals surface area contributed by atoms with E-state index in [9.17, 15) is 9.90 Å². The number of nitrogens with zero attached hydrogens (tertiary/aromatic N) is 3. The fraction of sp³-hybridized carbons (Fsp3) is 0.444. The second kappa shape index (κ2) is 6.43. The third-order valence-corrected chi connectivity index (χ3v) is 5.85. The Balaban J connectivity index is 1.48. The van der Waals surface area contributed by atoms with Crippen molar-refractivity contribution in [2.24, 2.45) is 0 Å². The molecule has 4 rings (SSSR count). The summed E-state index contributed by atoms with van der Waals surface area (Å²) in [5, 5.41) is 13.2. The Labute approximate surface area is 145 Å². The molecular formula is C18H21N3O2S. The van der Waals surface area contributed by atoms with Crippen LogP contribution in [0.5, 0.6) is 5.75 Å². The smallest absolute Gasteiger partial charge is 0.230 e. The summed E-state index contributed by atoms with van der Waals surface area (Å²) in [7, 11) is 0. The highest BCUT2D eigenvalue weighted by molar-refractivity contribution is 7.13. The van der Waals surface area contributed by atoms with Gasteiger partial charge < -0.3 is 14.9 Å². The summed E-state index contributed by atoms with van der Waals surface area (Å²) in [6.07, 6.45) is 4.45. The predicted octanol–water partition coefficient (Wildman–Crippen LogP) is 2.62. The van der Waals surface area contributed by atoms with Crippen LogP contribution in [0.4, 0.5) is 5.13 Å². The van der Waals surface area contributed by atoms with Crippen LogP contribution < -0.4 is 4.90 Å². The Morgan fingerprint density at radius 2 is 2.17 bits per heavy atom. The minimum Gasteiger partial charge on any atom is -0.508 e. The molecule has 24 heavy (non-hydrogen) atoms. The van der Waals surface area contributed by atoms with E-state index in [1.165, 1.54) is 0 Å². The molecule has 1 N–H and O–H groups in total. The molecule has 1 amide bonds. The Morgan fingerprint density at radius 1 is 1.25 bits per heavy atom. The third kappa shape index (κ3) is 2.75. The Bertz CT molecular complexity index is 732. The van der Waals surface area contributed by atoms with E-state index in [4.69, 9.17) is 0 Å². The summed E-state index contributed by atoms with van der Waals surface area (Å²) in [6, 6.07) is 5.57. The first-order chi connectivity index (χ1) is 11.7. The maximum atomic E-state index is 13.0. The van der Waals surface area contributed by atoms with Crippen LogP contribution in [0.25, 0.3) is 0 Å². The average Bonchev–Trinajstić information content (AvgIpc) is 3.20. The van der Waals surface area contributed by atoms with E-state index >= 15 is 0 Å². The number of carbonyl (C=O) groups is 1. The van der Waals surface area contributed by atoms with Crippen LogP contribution in [0.1, 0.15) is 29.9 Å². The molecule has 126 valence electrons. The summed E-state index contributed by atoms with van der Waals surface area (Å²) in [5.74, 6) is 0.242. The van der Waals surface area contributed by atoms with Crippen LogP contribution in [-0.4, -0.2) is 47.1 Å². The number of hydrogen-bond donors (Lipinski definition) is 1. The summed E-state index contributed by atoms with van der Waals surface area (Å²) >= 11 is 1.64. The van der Waals surface area contributed by atoms with Crippen LogP contribution >= 0.6 is 11.3 Å². The fourth-order valence-electron chi connectivity index (χ4n) is 3.83. The van der Waals surface area contributed by atoms with Crippen molar-refractivity contribution >= 4 is 22.4 Å². The van der Waals surface area contributed by atoms with E-state index in [2.05, 4.69) is 9.88 Å². The molecule has 2 aliphatic rings. The van der Waals surface area contributed by atoms with Gasteiger partial charge in [-0.1, -0.05) is 12.1 Å². The Hall–Kier alpha value is -2.08. The van der Waals surface area contributed by atoms with Crippen LogP contribution in [-0.2, 0) is 11.2 Å². The molecule has 1 fully saturated rings. The molecule has 1 atom stereocenters. The lowest BCUT2D eigenvalue weighted by molar-refractivity contribution is -0.132. The van der Waals surface area contributed by atoms with E-state index in [1.54, 1.807) is 17.4 Å². The predicted molar refractivity (Wildman–Crippen MR) is 94.7 cm³/mol. The monoisotopic (exact) mass is 343 g/mol. The summed E-state index contributed by atoms with van der Waals surface area (Å²) in [4.78, 5) is 21.7. The highest BCUT2D eigenvalue weighted by Crippen LogP contribution is 2.40. The number of hydrogen-bond acceptors (Lipinski definition) is 5. The van der Waals surface area contributed by atoms with Gasteiger partial charge in [-0.05, 0) is 30.9 Å². The van der Waals surface area contributed by atoms with Gasteiger partial charge in [-0.15, -0.1) is 11.3 Å². The van der Waals surface area contributed by atoms with Crippen molar-refractivity contribution in [3.63, 3.8) is 0 Å². The standard InChI is InChI=1S/C18H21N3O2S/c22-15-4-1-3-13-5-6-14(16(13)15)17(23)20-8-2-9-21(11-10-20)18-19-7-12-24-18/h1,3-4,7,12,14,22H,2,5-6,8-11H2. The molecule has 1 aromatic heterocycles. The van der Waals surface area contributed by atoms with Crippen LogP contribution in [0.2, 0.25) is 0 Å². The molecule has 0 bridgehead atoms. The molecule has 1 saturated heterocycles. The van der Waals surface area contributed by atoms with E-state index in [-0.39, 0.29) is 17.6 Å². The first kappa shape index (κ1) is 15.4. The van der Waals surface area contributed by atoms with E-state index < -0.39 is 0 Å². The first-order valence-electron chi connectivity index (χ1n) is 8.48. The minimum absolute atomic E-state index is 0.163. The molecule has 0 spiro atoms. The average molecular weight is 343 g/mol. The highest BCUT2D eigenvalue weighted by Gasteiger charge is 2.34. The number of aromatic hydroxyl groups is 1. The third-order valence-electron chi connectivity index (χ3n) is 5.02. The molecule has 6 heteroatoms. The number of anilines is 1. The number of fused-ring (bicyclic) bond motifs is 1. The van der Waals surface area contributed by atoms with Crippen molar-refractivity contribution in [3.8, 4) is 5.75 Å². The van der Waals surface area contributed by atoms with Gasteiger partial charge in [0.2, 0.25) is 5.91 Å². The zero-order valence-electron chi connectivity index (χ0n) is 13.5. The van der Waals surface area contributed by atoms with Crippen molar-refractivity contribution < 1.29 is 9.90 Å². The molecule has 1 aliphatic carbocycles. The Morgan fingerprint density at radius 3 is 3.00 bits per heavy atom. The van der Waals surface area contributed by atoms with Gasteiger partial charge in [-0.3, -0.25) is 4.79 Å². The van der Waals surface area contributed by atoms with Gasteiger partial charge in [-0.2, -0.15) is 0 Å². The second-order valence-corrected chi connectivity index (χ2v) is 7.29. The molecule has 2 heterocycles. The largest absolute Gasteiger partial charge is 0.508 e. The van der Waals surface area contributed by atoms with Gasteiger partial charge in [0.25, 0.3) is 0 Å².